The van der Waals surface area contributed by atoms with E-state index in [4.69, 9.17) is 19.4 Å². The second-order valence-electron chi connectivity index (χ2n) is 14.1. The minimum atomic E-state index is 0.557. The van der Waals surface area contributed by atoms with Gasteiger partial charge in [-0.2, -0.15) is 9.97 Å². The Hall–Kier alpha value is -7.63. The summed E-state index contributed by atoms with van der Waals surface area (Å²) in [7, 11) is 0. The van der Waals surface area contributed by atoms with Crippen LogP contribution in [0.1, 0.15) is 0 Å². The van der Waals surface area contributed by atoms with Gasteiger partial charge in [-0.05, 0) is 69.8 Å². The molecule has 5 heteroatoms. The van der Waals surface area contributed by atoms with Crippen LogP contribution in [-0.2, 0) is 0 Å². The molecular formula is C51H32N4O. The average molecular weight is 717 g/mol. The van der Waals surface area contributed by atoms with Crippen LogP contribution in [0.4, 0.5) is 0 Å². The zero-order valence-electron chi connectivity index (χ0n) is 30.2. The van der Waals surface area contributed by atoms with E-state index in [-0.39, 0.29) is 0 Å². The van der Waals surface area contributed by atoms with E-state index in [9.17, 15) is 0 Å². The van der Waals surface area contributed by atoms with E-state index in [2.05, 4.69) is 174 Å². The minimum Gasteiger partial charge on any atom is -0.456 e. The summed E-state index contributed by atoms with van der Waals surface area (Å²) in [6, 6.07) is 67.5. The molecular weight excluding hydrogens is 685 g/mol. The van der Waals surface area contributed by atoms with Gasteiger partial charge in [-0.15, -0.1) is 0 Å². The molecule has 0 aliphatic carbocycles. The number of hydrogen-bond acceptors (Lipinski definition) is 4. The molecule has 0 aliphatic rings. The standard InChI is InChI=1S/C51H32N4O/c1-3-12-33(13-4-1)35-22-24-36(25-23-35)49-52-50(40-17-11-16-37(30-40)34-14-5-2-6-15-34)54-51(53-49)55-45-20-9-7-18-41(45)42-28-26-39(32-46(42)55)38-27-29-48-44(31-38)43-19-8-10-21-47(43)56-48/h1-32H. The normalized spacial score (nSPS) is 11.6. The molecule has 262 valence electrons. The highest BCUT2D eigenvalue weighted by atomic mass is 16.3. The molecule has 0 fully saturated rings. The lowest BCUT2D eigenvalue weighted by molar-refractivity contribution is 0.669. The van der Waals surface area contributed by atoms with Crippen LogP contribution in [0.15, 0.2) is 199 Å². The van der Waals surface area contributed by atoms with E-state index < -0.39 is 0 Å². The van der Waals surface area contributed by atoms with Crippen LogP contribution in [0.3, 0.4) is 0 Å². The van der Waals surface area contributed by atoms with Crippen molar-refractivity contribution in [1.82, 2.24) is 19.5 Å². The van der Waals surface area contributed by atoms with Gasteiger partial charge in [-0.1, -0.05) is 158 Å². The fraction of sp³-hybridized carbons (Fsp3) is 0. The highest BCUT2D eigenvalue weighted by molar-refractivity contribution is 6.11. The van der Waals surface area contributed by atoms with Gasteiger partial charge in [0.25, 0.3) is 0 Å². The van der Waals surface area contributed by atoms with Crippen LogP contribution in [0.5, 0.6) is 0 Å². The summed E-state index contributed by atoms with van der Waals surface area (Å²) in [6.07, 6.45) is 0. The number of furan rings is 1. The van der Waals surface area contributed by atoms with Crippen molar-refractivity contribution in [2.45, 2.75) is 0 Å². The smallest absolute Gasteiger partial charge is 0.238 e. The summed E-state index contributed by atoms with van der Waals surface area (Å²) in [4.78, 5) is 15.7. The third-order valence-electron chi connectivity index (χ3n) is 10.7. The summed E-state index contributed by atoms with van der Waals surface area (Å²) in [5, 5.41) is 4.47. The molecule has 0 N–H and O–H groups in total. The Labute approximate surface area is 322 Å². The quantitative estimate of drug-likeness (QED) is 0.172. The molecule has 0 bridgehead atoms. The first-order valence-electron chi connectivity index (χ1n) is 18.8. The van der Waals surface area contributed by atoms with Crippen molar-refractivity contribution in [3.8, 4) is 62.1 Å². The molecule has 11 rings (SSSR count). The zero-order valence-corrected chi connectivity index (χ0v) is 30.2. The van der Waals surface area contributed by atoms with Gasteiger partial charge < -0.3 is 4.42 Å². The SMILES string of the molecule is c1ccc(-c2ccc(-c3nc(-c4cccc(-c5ccccc5)c4)nc(-n4c5ccccc5c5ccc(-c6ccc7oc8ccccc8c7c6)cc54)n3)cc2)cc1. The monoisotopic (exact) mass is 716 g/mol. The maximum absolute atomic E-state index is 6.16. The number of fused-ring (bicyclic) bond motifs is 6. The number of hydrogen-bond donors (Lipinski definition) is 0. The van der Waals surface area contributed by atoms with Gasteiger partial charge in [0.1, 0.15) is 11.2 Å². The molecule has 5 nitrogen and oxygen atoms in total. The second-order valence-corrected chi connectivity index (χ2v) is 14.1. The maximum Gasteiger partial charge on any atom is 0.238 e. The molecule has 3 heterocycles. The highest BCUT2D eigenvalue weighted by Gasteiger charge is 2.19. The molecule has 0 saturated carbocycles. The summed E-state index contributed by atoms with van der Waals surface area (Å²) in [5.41, 5.74) is 12.4. The maximum atomic E-state index is 6.16. The summed E-state index contributed by atoms with van der Waals surface area (Å²) < 4.78 is 8.35. The molecule has 0 spiro atoms. The molecule has 11 aromatic rings. The van der Waals surface area contributed by atoms with E-state index >= 15 is 0 Å². The Balaban J connectivity index is 1.12. The number of nitrogens with zero attached hydrogens (tertiary/aromatic N) is 4. The fourth-order valence-electron chi connectivity index (χ4n) is 7.90. The molecule has 0 saturated heterocycles. The predicted octanol–water partition coefficient (Wildman–Crippen LogP) is 13.2. The molecule has 0 atom stereocenters. The highest BCUT2D eigenvalue weighted by Crippen LogP contribution is 2.37. The van der Waals surface area contributed by atoms with Crippen LogP contribution >= 0.6 is 0 Å². The number of rotatable bonds is 6. The van der Waals surface area contributed by atoms with E-state index in [0.29, 0.717) is 17.6 Å². The van der Waals surface area contributed by atoms with Crippen molar-refractivity contribution < 1.29 is 4.42 Å². The van der Waals surface area contributed by atoms with Crippen LogP contribution in [0, 0.1) is 0 Å². The Morgan fingerprint density at radius 1 is 0.304 bits per heavy atom. The first kappa shape index (κ1) is 31.9. The fourth-order valence-corrected chi connectivity index (χ4v) is 7.90. The van der Waals surface area contributed by atoms with Crippen molar-refractivity contribution in [2.24, 2.45) is 0 Å². The van der Waals surface area contributed by atoms with Crippen LogP contribution in [0.25, 0.3) is 106 Å². The first-order chi connectivity index (χ1) is 27.7. The summed E-state index contributed by atoms with van der Waals surface area (Å²) in [5.74, 6) is 1.77. The second kappa shape index (κ2) is 13.0. The van der Waals surface area contributed by atoms with E-state index in [0.717, 1.165) is 88.3 Å². The van der Waals surface area contributed by atoms with Crippen molar-refractivity contribution in [3.63, 3.8) is 0 Å². The Morgan fingerprint density at radius 2 is 0.821 bits per heavy atom. The van der Waals surface area contributed by atoms with Crippen molar-refractivity contribution in [2.75, 3.05) is 0 Å². The largest absolute Gasteiger partial charge is 0.456 e. The molecule has 0 amide bonds. The molecule has 0 radical (unpaired) electrons. The minimum absolute atomic E-state index is 0.557. The van der Waals surface area contributed by atoms with Gasteiger partial charge in [0.05, 0.1) is 11.0 Å². The van der Waals surface area contributed by atoms with Crippen molar-refractivity contribution in [3.05, 3.63) is 194 Å². The van der Waals surface area contributed by atoms with Gasteiger partial charge in [-0.25, -0.2) is 4.98 Å². The number of aromatic nitrogens is 4. The van der Waals surface area contributed by atoms with Crippen LogP contribution < -0.4 is 0 Å². The summed E-state index contributed by atoms with van der Waals surface area (Å²) >= 11 is 0. The Kier molecular flexibility index (Phi) is 7.42. The van der Waals surface area contributed by atoms with Crippen LogP contribution in [-0.4, -0.2) is 19.5 Å². The van der Waals surface area contributed by atoms with Gasteiger partial charge in [0, 0.05) is 32.7 Å². The van der Waals surface area contributed by atoms with Gasteiger partial charge in [-0.3, -0.25) is 4.57 Å². The predicted molar refractivity (Wildman–Crippen MR) is 229 cm³/mol. The molecule has 0 unspecified atom stereocenters. The van der Waals surface area contributed by atoms with Crippen molar-refractivity contribution in [1.29, 1.82) is 0 Å². The lowest BCUT2D eigenvalue weighted by Gasteiger charge is -2.12. The molecule has 8 aromatic carbocycles. The number of benzene rings is 8. The van der Waals surface area contributed by atoms with Gasteiger partial charge in [0.2, 0.25) is 5.95 Å². The lowest BCUT2D eigenvalue weighted by atomic mass is 10.0. The number of para-hydroxylation sites is 2. The van der Waals surface area contributed by atoms with Crippen LogP contribution in [0.2, 0.25) is 0 Å². The lowest BCUT2D eigenvalue weighted by Crippen LogP contribution is -2.06. The van der Waals surface area contributed by atoms with E-state index in [1.807, 2.05) is 24.3 Å². The van der Waals surface area contributed by atoms with E-state index in [1.54, 1.807) is 0 Å². The first-order valence-corrected chi connectivity index (χ1v) is 18.8. The molecule has 0 aliphatic heterocycles. The van der Waals surface area contributed by atoms with Crippen molar-refractivity contribution >= 4 is 43.7 Å². The van der Waals surface area contributed by atoms with E-state index in [1.165, 1.54) is 0 Å². The van der Waals surface area contributed by atoms with Gasteiger partial charge >= 0.3 is 0 Å². The zero-order chi connectivity index (χ0) is 37.0. The third-order valence-corrected chi connectivity index (χ3v) is 10.7. The topological polar surface area (TPSA) is 56.7 Å². The summed E-state index contributed by atoms with van der Waals surface area (Å²) in [6.45, 7) is 0. The third kappa shape index (κ3) is 5.45. The molecule has 56 heavy (non-hydrogen) atoms. The Morgan fingerprint density at radius 3 is 1.62 bits per heavy atom. The molecule has 3 aromatic heterocycles. The Bertz CT molecular complexity index is 3240. The average Bonchev–Trinajstić information content (AvgIpc) is 3.82. The van der Waals surface area contributed by atoms with Gasteiger partial charge in [0.15, 0.2) is 11.6 Å².